The molecule has 92 valence electrons. The van der Waals surface area contributed by atoms with Crippen LogP contribution in [0.3, 0.4) is 0 Å². The molecule has 0 spiro atoms. The van der Waals surface area contributed by atoms with Crippen molar-refractivity contribution in [1.29, 1.82) is 0 Å². The molecule has 0 aromatic heterocycles. The third-order valence-corrected chi connectivity index (χ3v) is 6.30. The highest BCUT2D eigenvalue weighted by Gasteiger charge is 2.46. The van der Waals surface area contributed by atoms with Crippen LogP contribution >= 0.6 is 0 Å². The molecule has 3 fully saturated rings. The fourth-order valence-electron chi connectivity index (χ4n) is 3.30. The van der Waals surface area contributed by atoms with E-state index in [9.17, 15) is 8.42 Å². The molecule has 0 radical (unpaired) electrons. The molecule has 5 heteroatoms. The van der Waals surface area contributed by atoms with Crippen LogP contribution in [-0.4, -0.2) is 36.6 Å². The van der Waals surface area contributed by atoms with Gasteiger partial charge in [0.1, 0.15) is 0 Å². The summed E-state index contributed by atoms with van der Waals surface area (Å²) in [5.74, 6) is 0.829. The first-order chi connectivity index (χ1) is 7.56. The van der Waals surface area contributed by atoms with Crippen LogP contribution in [0.2, 0.25) is 0 Å². The summed E-state index contributed by atoms with van der Waals surface area (Å²) in [4.78, 5) is 0. The summed E-state index contributed by atoms with van der Waals surface area (Å²) in [5, 5.41) is 0. The van der Waals surface area contributed by atoms with Gasteiger partial charge in [0.25, 0.3) is 0 Å². The summed E-state index contributed by atoms with van der Waals surface area (Å²) in [7, 11) is -3.00. The first kappa shape index (κ1) is 11.0. The lowest BCUT2D eigenvalue weighted by Gasteiger charge is -2.36. The van der Waals surface area contributed by atoms with E-state index >= 15 is 0 Å². The molecule has 2 bridgehead atoms. The highest BCUT2D eigenvalue weighted by molar-refractivity contribution is 7.89. The maximum atomic E-state index is 12.3. The van der Waals surface area contributed by atoms with Gasteiger partial charge in [-0.1, -0.05) is 0 Å². The Labute approximate surface area is 97.2 Å². The lowest BCUT2D eigenvalue weighted by molar-refractivity contribution is 0.227. The van der Waals surface area contributed by atoms with Crippen LogP contribution in [0.1, 0.15) is 38.5 Å². The molecule has 0 aromatic carbocycles. The Morgan fingerprint density at radius 3 is 2.12 bits per heavy atom. The second-order valence-electron chi connectivity index (χ2n) is 5.67. The number of nitrogens with two attached hydrogens (primary N) is 1. The van der Waals surface area contributed by atoms with Crippen molar-refractivity contribution >= 4 is 10.0 Å². The molecule has 1 aliphatic carbocycles. The van der Waals surface area contributed by atoms with Gasteiger partial charge in [-0.25, -0.2) is 8.42 Å². The minimum absolute atomic E-state index is 0.206. The summed E-state index contributed by atoms with van der Waals surface area (Å²) in [6, 6.07) is 0.625. The van der Waals surface area contributed by atoms with E-state index in [0.717, 1.165) is 38.5 Å². The van der Waals surface area contributed by atoms with Gasteiger partial charge in [-0.3, -0.25) is 0 Å². The molecule has 4 nitrogen and oxygen atoms in total. The summed E-state index contributed by atoms with van der Waals surface area (Å²) in [6.07, 6.45) is 5.95. The number of sulfonamides is 1. The zero-order chi connectivity index (χ0) is 11.3. The molecule has 2 N–H and O–H groups in total. The Morgan fingerprint density at radius 1 is 1.06 bits per heavy atom. The SMILES string of the molecule is NC1CC2CCC(C1)N2S(=O)(=O)CC1CC1. The zero-order valence-electron chi connectivity index (χ0n) is 9.51. The molecule has 1 saturated carbocycles. The van der Waals surface area contributed by atoms with Crippen molar-refractivity contribution in [3.05, 3.63) is 0 Å². The average molecular weight is 244 g/mol. The number of rotatable bonds is 3. The molecular formula is C11H20N2O2S. The largest absolute Gasteiger partial charge is 0.328 e. The number of hydrogen-bond acceptors (Lipinski definition) is 3. The molecule has 0 amide bonds. The Hall–Kier alpha value is -0.130. The molecule has 3 rings (SSSR count). The smallest absolute Gasteiger partial charge is 0.214 e. The number of hydrogen-bond donors (Lipinski definition) is 1. The molecule has 2 heterocycles. The predicted octanol–water partition coefficient (Wildman–Crippen LogP) is 0.680. The minimum Gasteiger partial charge on any atom is -0.328 e. The maximum Gasteiger partial charge on any atom is 0.214 e. The van der Waals surface area contributed by atoms with E-state index in [-0.39, 0.29) is 18.1 Å². The van der Waals surface area contributed by atoms with E-state index in [2.05, 4.69) is 0 Å². The molecule has 2 unspecified atom stereocenters. The number of nitrogens with zero attached hydrogens (tertiary/aromatic N) is 1. The number of piperidine rings is 1. The Kier molecular flexibility index (Phi) is 2.53. The Morgan fingerprint density at radius 2 is 1.62 bits per heavy atom. The fraction of sp³-hybridized carbons (Fsp3) is 1.00. The highest BCUT2D eigenvalue weighted by atomic mass is 32.2. The van der Waals surface area contributed by atoms with Crippen molar-refractivity contribution in [2.75, 3.05) is 5.75 Å². The van der Waals surface area contributed by atoms with E-state index in [1.54, 1.807) is 0 Å². The maximum absolute atomic E-state index is 12.3. The topological polar surface area (TPSA) is 63.4 Å². The summed E-state index contributed by atoms with van der Waals surface area (Å²) in [6.45, 7) is 0. The lowest BCUT2D eigenvalue weighted by atomic mass is 10.0. The van der Waals surface area contributed by atoms with Crippen molar-refractivity contribution in [2.45, 2.75) is 56.7 Å². The molecule has 0 aromatic rings. The van der Waals surface area contributed by atoms with E-state index in [0.29, 0.717) is 11.7 Å². The molecule has 2 saturated heterocycles. The monoisotopic (exact) mass is 244 g/mol. The van der Waals surface area contributed by atoms with E-state index in [1.165, 1.54) is 0 Å². The van der Waals surface area contributed by atoms with Gasteiger partial charge in [0.2, 0.25) is 10.0 Å². The second-order valence-corrected chi connectivity index (χ2v) is 7.59. The number of fused-ring (bicyclic) bond motifs is 2. The van der Waals surface area contributed by atoms with Crippen LogP contribution in [0.4, 0.5) is 0 Å². The molecule has 2 aliphatic heterocycles. The van der Waals surface area contributed by atoms with Crippen LogP contribution in [-0.2, 0) is 10.0 Å². The van der Waals surface area contributed by atoms with Gasteiger partial charge in [-0.2, -0.15) is 4.31 Å². The fourth-order valence-corrected chi connectivity index (χ4v) is 5.69. The zero-order valence-corrected chi connectivity index (χ0v) is 10.3. The third-order valence-electron chi connectivity index (χ3n) is 4.17. The quantitative estimate of drug-likeness (QED) is 0.794. The van der Waals surface area contributed by atoms with Gasteiger partial charge >= 0.3 is 0 Å². The summed E-state index contributed by atoms with van der Waals surface area (Å²) < 4.78 is 26.4. The normalized spacial score (nSPS) is 40.2. The van der Waals surface area contributed by atoms with E-state index in [1.807, 2.05) is 4.31 Å². The van der Waals surface area contributed by atoms with Crippen LogP contribution in [0.25, 0.3) is 0 Å². The third kappa shape index (κ3) is 1.89. The average Bonchev–Trinajstić information content (AvgIpc) is 2.91. The molecule has 3 aliphatic rings. The van der Waals surface area contributed by atoms with Crippen LogP contribution < -0.4 is 5.73 Å². The van der Waals surface area contributed by atoms with Crippen molar-refractivity contribution in [2.24, 2.45) is 11.7 Å². The van der Waals surface area contributed by atoms with Crippen LogP contribution in [0.15, 0.2) is 0 Å². The summed E-state index contributed by atoms with van der Waals surface area (Å²) >= 11 is 0. The van der Waals surface area contributed by atoms with Gasteiger partial charge in [0, 0.05) is 18.1 Å². The van der Waals surface area contributed by atoms with E-state index in [4.69, 9.17) is 5.73 Å². The standard InChI is InChI=1S/C11H20N2O2S/c12-9-5-10-3-4-11(6-9)13(10)16(14,15)7-8-1-2-8/h8-11H,1-7,12H2. The molecule has 2 atom stereocenters. The van der Waals surface area contributed by atoms with Gasteiger partial charge in [-0.05, 0) is 44.4 Å². The first-order valence-electron chi connectivity index (χ1n) is 6.33. The van der Waals surface area contributed by atoms with Crippen molar-refractivity contribution < 1.29 is 8.42 Å². The van der Waals surface area contributed by atoms with Gasteiger partial charge in [0.05, 0.1) is 5.75 Å². The Balaban J connectivity index is 1.79. The second kappa shape index (κ2) is 3.68. The van der Waals surface area contributed by atoms with Crippen molar-refractivity contribution in [3.8, 4) is 0 Å². The van der Waals surface area contributed by atoms with Gasteiger partial charge in [0.15, 0.2) is 0 Å². The predicted molar refractivity (Wildman–Crippen MR) is 62.4 cm³/mol. The van der Waals surface area contributed by atoms with Crippen molar-refractivity contribution in [3.63, 3.8) is 0 Å². The summed E-state index contributed by atoms with van der Waals surface area (Å²) in [5.41, 5.74) is 5.95. The van der Waals surface area contributed by atoms with Crippen LogP contribution in [0.5, 0.6) is 0 Å². The van der Waals surface area contributed by atoms with Crippen LogP contribution in [0, 0.1) is 5.92 Å². The van der Waals surface area contributed by atoms with Gasteiger partial charge < -0.3 is 5.73 Å². The lowest BCUT2D eigenvalue weighted by Crippen LogP contribution is -2.50. The van der Waals surface area contributed by atoms with Crippen molar-refractivity contribution in [1.82, 2.24) is 4.31 Å². The first-order valence-corrected chi connectivity index (χ1v) is 7.94. The van der Waals surface area contributed by atoms with Gasteiger partial charge in [-0.15, -0.1) is 0 Å². The van der Waals surface area contributed by atoms with E-state index < -0.39 is 10.0 Å². The Bertz CT molecular complexity index is 363. The molecule has 16 heavy (non-hydrogen) atoms. The highest BCUT2D eigenvalue weighted by Crippen LogP contribution is 2.39. The molecular weight excluding hydrogens is 224 g/mol. The minimum atomic E-state index is -3.00.